The number of nitrogens with zero attached hydrogens (tertiary/aromatic N) is 1. The van der Waals surface area contributed by atoms with Crippen LogP contribution in [0.25, 0.3) is 0 Å². The first-order valence-electron chi connectivity index (χ1n) is 3.93. The molecule has 0 fully saturated rings. The maximum atomic E-state index is 12.1. The van der Waals surface area contributed by atoms with Crippen LogP contribution in [0.4, 0.5) is 18.9 Å². The zero-order valence-corrected chi connectivity index (χ0v) is 9.26. The molecule has 0 atom stereocenters. The van der Waals surface area contributed by atoms with Crippen LogP contribution in [0.2, 0.25) is 0 Å². The monoisotopic (exact) mass is 281 g/mol. The second-order valence-electron chi connectivity index (χ2n) is 2.84. The van der Waals surface area contributed by atoms with E-state index in [9.17, 15) is 18.0 Å². The van der Waals surface area contributed by atoms with Gasteiger partial charge in [-0.2, -0.15) is 13.2 Å². The molecule has 1 aromatic carbocycles. The quantitative estimate of drug-likeness (QED) is 0.775. The first-order chi connectivity index (χ1) is 6.82. The van der Waals surface area contributed by atoms with Crippen LogP contribution in [0.1, 0.15) is 0 Å². The van der Waals surface area contributed by atoms with Crippen LogP contribution in [0.15, 0.2) is 28.7 Å². The summed E-state index contributed by atoms with van der Waals surface area (Å²) < 4.78 is 36.9. The number of halogens is 4. The summed E-state index contributed by atoms with van der Waals surface area (Å²) in [6.45, 7) is 0. The van der Waals surface area contributed by atoms with E-state index in [0.717, 1.165) is 11.5 Å². The number of rotatable bonds is 1. The fourth-order valence-electron chi connectivity index (χ4n) is 0.972. The zero-order chi connectivity index (χ0) is 11.6. The van der Waals surface area contributed by atoms with Gasteiger partial charge in [0.05, 0.1) is 0 Å². The summed E-state index contributed by atoms with van der Waals surface area (Å²) in [6, 6.07) is 5.98. The third kappa shape index (κ3) is 2.95. The minimum atomic E-state index is -4.85. The number of benzene rings is 1. The number of carbonyl (C=O) groups excluding carboxylic acids is 1. The summed E-state index contributed by atoms with van der Waals surface area (Å²) >= 11 is 3.15. The first kappa shape index (κ1) is 12.0. The van der Waals surface area contributed by atoms with Gasteiger partial charge >= 0.3 is 12.1 Å². The molecule has 0 aliphatic heterocycles. The molecule has 1 rings (SSSR count). The highest BCUT2D eigenvalue weighted by atomic mass is 79.9. The van der Waals surface area contributed by atoms with E-state index in [4.69, 9.17) is 0 Å². The summed E-state index contributed by atoms with van der Waals surface area (Å²) in [5.41, 5.74) is 0.195. The van der Waals surface area contributed by atoms with Crippen LogP contribution >= 0.6 is 15.9 Å². The van der Waals surface area contributed by atoms with Crippen molar-refractivity contribution in [1.82, 2.24) is 0 Å². The summed E-state index contributed by atoms with van der Waals surface area (Å²) in [5.74, 6) is -1.88. The standard InChI is InChI=1S/C9H7BrF3NO/c1-14(8(15)9(11,12)13)7-4-2-6(10)3-5-7/h2-5H,1H3. The molecule has 2 nitrogen and oxygen atoms in total. The number of anilines is 1. The molecule has 1 aromatic rings. The van der Waals surface area contributed by atoms with Gasteiger partial charge in [-0.25, -0.2) is 0 Å². The number of hydrogen-bond donors (Lipinski definition) is 0. The number of amides is 1. The van der Waals surface area contributed by atoms with E-state index in [1.807, 2.05) is 0 Å². The lowest BCUT2D eigenvalue weighted by molar-refractivity contribution is -0.170. The molecular formula is C9H7BrF3NO. The minimum Gasteiger partial charge on any atom is -0.308 e. The van der Waals surface area contributed by atoms with Crippen molar-refractivity contribution in [2.45, 2.75) is 6.18 Å². The van der Waals surface area contributed by atoms with Crippen LogP contribution in [-0.4, -0.2) is 19.1 Å². The van der Waals surface area contributed by atoms with E-state index in [1.165, 1.54) is 12.1 Å². The van der Waals surface area contributed by atoms with E-state index in [-0.39, 0.29) is 5.69 Å². The molecule has 0 N–H and O–H groups in total. The highest BCUT2D eigenvalue weighted by molar-refractivity contribution is 9.10. The number of carbonyl (C=O) groups is 1. The second-order valence-corrected chi connectivity index (χ2v) is 3.75. The predicted molar refractivity (Wildman–Crippen MR) is 53.6 cm³/mol. The van der Waals surface area contributed by atoms with Gasteiger partial charge in [0.25, 0.3) is 0 Å². The number of hydrogen-bond acceptors (Lipinski definition) is 1. The Balaban J connectivity index is 2.90. The normalized spacial score (nSPS) is 11.3. The molecular weight excluding hydrogens is 275 g/mol. The smallest absolute Gasteiger partial charge is 0.308 e. The Kier molecular flexibility index (Phi) is 3.38. The van der Waals surface area contributed by atoms with Crippen LogP contribution in [0.3, 0.4) is 0 Å². The van der Waals surface area contributed by atoms with E-state index >= 15 is 0 Å². The molecule has 0 aliphatic rings. The molecule has 0 spiro atoms. The van der Waals surface area contributed by atoms with E-state index in [1.54, 1.807) is 12.1 Å². The summed E-state index contributed by atoms with van der Waals surface area (Å²) in [6.07, 6.45) is -4.85. The van der Waals surface area contributed by atoms with Crippen LogP contribution in [0, 0.1) is 0 Å². The molecule has 0 unspecified atom stereocenters. The molecule has 0 saturated heterocycles. The van der Waals surface area contributed by atoms with E-state index in [2.05, 4.69) is 15.9 Å². The average Bonchev–Trinajstić information content (AvgIpc) is 2.15. The topological polar surface area (TPSA) is 20.3 Å². The Morgan fingerprint density at radius 3 is 2.13 bits per heavy atom. The molecule has 0 saturated carbocycles. The second kappa shape index (κ2) is 4.22. The van der Waals surface area contributed by atoms with Crippen molar-refractivity contribution in [3.63, 3.8) is 0 Å². The first-order valence-corrected chi connectivity index (χ1v) is 4.72. The highest BCUT2D eigenvalue weighted by Gasteiger charge is 2.41. The van der Waals surface area contributed by atoms with Gasteiger partial charge in [0.15, 0.2) is 0 Å². The Bertz CT molecular complexity index is 361. The van der Waals surface area contributed by atoms with Crippen molar-refractivity contribution < 1.29 is 18.0 Å². The third-order valence-corrected chi connectivity index (χ3v) is 2.29. The van der Waals surface area contributed by atoms with Gasteiger partial charge in [-0.05, 0) is 24.3 Å². The summed E-state index contributed by atoms with van der Waals surface area (Å²) in [4.78, 5) is 11.4. The van der Waals surface area contributed by atoms with Crippen molar-refractivity contribution >= 4 is 27.5 Å². The van der Waals surface area contributed by atoms with Gasteiger partial charge in [0, 0.05) is 17.2 Å². The van der Waals surface area contributed by atoms with E-state index in [0.29, 0.717) is 4.90 Å². The molecule has 0 radical (unpaired) electrons. The third-order valence-electron chi connectivity index (χ3n) is 1.76. The van der Waals surface area contributed by atoms with Gasteiger partial charge in [-0.3, -0.25) is 4.79 Å². The van der Waals surface area contributed by atoms with E-state index < -0.39 is 12.1 Å². The predicted octanol–water partition coefficient (Wildman–Crippen LogP) is 2.97. The van der Waals surface area contributed by atoms with Crippen molar-refractivity contribution in [1.29, 1.82) is 0 Å². The lowest BCUT2D eigenvalue weighted by Gasteiger charge is -2.18. The molecule has 1 amide bonds. The lowest BCUT2D eigenvalue weighted by atomic mass is 10.3. The van der Waals surface area contributed by atoms with Gasteiger partial charge in [-0.15, -0.1) is 0 Å². The average molecular weight is 282 g/mol. The van der Waals surface area contributed by atoms with Crippen LogP contribution in [-0.2, 0) is 4.79 Å². The SMILES string of the molecule is CN(C(=O)C(F)(F)F)c1ccc(Br)cc1. The van der Waals surface area contributed by atoms with Crippen molar-refractivity contribution in [2.75, 3.05) is 11.9 Å². The molecule has 15 heavy (non-hydrogen) atoms. The molecule has 82 valence electrons. The molecule has 0 aliphatic carbocycles. The van der Waals surface area contributed by atoms with Gasteiger partial charge < -0.3 is 4.90 Å². The van der Waals surface area contributed by atoms with Crippen molar-refractivity contribution in [3.05, 3.63) is 28.7 Å². The largest absolute Gasteiger partial charge is 0.471 e. The summed E-state index contributed by atoms with van der Waals surface area (Å²) in [5, 5.41) is 0. The molecule has 0 aromatic heterocycles. The fourth-order valence-corrected chi connectivity index (χ4v) is 1.24. The van der Waals surface area contributed by atoms with Crippen molar-refractivity contribution in [2.24, 2.45) is 0 Å². The Morgan fingerprint density at radius 2 is 1.73 bits per heavy atom. The Hall–Kier alpha value is -1.04. The maximum absolute atomic E-state index is 12.1. The van der Waals surface area contributed by atoms with Gasteiger partial charge in [-0.1, -0.05) is 15.9 Å². The minimum absolute atomic E-state index is 0.195. The Morgan fingerprint density at radius 1 is 1.27 bits per heavy atom. The number of alkyl halides is 3. The zero-order valence-electron chi connectivity index (χ0n) is 7.68. The maximum Gasteiger partial charge on any atom is 0.471 e. The van der Waals surface area contributed by atoms with Gasteiger partial charge in [0.1, 0.15) is 0 Å². The Labute approximate surface area is 92.8 Å². The fraction of sp³-hybridized carbons (Fsp3) is 0.222. The molecule has 0 bridgehead atoms. The van der Waals surface area contributed by atoms with Gasteiger partial charge in [0.2, 0.25) is 0 Å². The molecule has 6 heteroatoms. The van der Waals surface area contributed by atoms with Crippen LogP contribution < -0.4 is 4.90 Å². The highest BCUT2D eigenvalue weighted by Crippen LogP contribution is 2.23. The summed E-state index contributed by atoms with van der Waals surface area (Å²) in [7, 11) is 1.08. The van der Waals surface area contributed by atoms with Crippen molar-refractivity contribution in [3.8, 4) is 0 Å². The van der Waals surface area contributed by atoms with Crippen LogP contribution in [0.5, 0.6) is 0 Å². The molecule has 0 heterocycles. The lowest BCUT2D eigenvalue weighted by Crippen LogP contribution is -2.38.